The van der Waals surface area contributed by atoms with Crippen molar-refractivity contribution in [3.05, 3.63) is 59.1 Å². The highest BCUT2D eigenvalue weighted by Gasteiger charge is 2.19. The Labute approximate surface area is 177 Å². The van der Waals surface area contributed by atoms with E-state index >= 15 is 0 Å². The Morgan fingerprint density at radius 1 is 1.10 bits per heavy atom. The second-order valence-electron chi connectivity index (χ2n) is 6.59. The lowest BCUT2D eigenvalue weighted by Gasteiger charge is -2.12. The van der Waals surface area contributed by atoms with Crippen molar-refractivity contribution >= 4 is 38.1 Å². The zero-order chi connectivity index (χ0) is 21.1. The molecular weight excluding hydrogens is 426 g/mol. The van der Waals surface area contributed by atoms with E-state index in [4.69, 9.17) is 9.47 Å². The topological polar surface area (TPSA) is 107 Å². The monoisotopic (exact) mass is 445 g/mol. The maximum atomic E-state index is 12.8. The fourth-order valence-corrected chi connectivity index (χ4v) is 4.58. The largest absolute Gasteiger partial charge is 0.490 e. The third-order valence-electron chi connectivity index (χ3n) is 4.25. The highest BCUT2D eigenvalue weighted by molar-refractivity contribution is 7.92. The minimum absolute atomic E-state index is 0.0415. The summed E-state index contributed by atoms with van der Waals surface area (Å²) in [6, 6.07) is 10.7. The molecule has 0 saturated carbocycles. The number of carbonyl (C=O) groups excluding carboxylic acids is 1. The number of fused-ring (bicyclic) bond motifs is 1. The molecule has 0 radical (unpaired) electrons. The summed E-state index contributed by atoms with van der Waals surface area (Å²) in [5, 5.41) is 5.01. The quantitative estimate of drug-likeness (QED) is 0.621. The molecule has 156 valence electrons. The van der Waals surface area contributed by atoms with Crippen LogP contribution in [0.2, 0.25) is 0 Å². The van der Waals surface area contributed by atoms with E-state index in [1.165, 1.54) is 29.5 Å². The molecule has 10 heteroatoms. The zero-order valence-corrected chi connectivity index (χ0v) is 17.7. The fourth-order valence-electron chi connectivity index (χ4n) is 2.83. The Balaban J connectivity index is 1.53. The number of nitrogens with one attached hydrogen (secondary N) is 2. The molecule has 1 amide bonds. The summed E-state index contributed by atoms with van der Waals surface area (Å²) in [6.45, 7) is 2.81. The van der Waals surface area contributed by atoms with E-state index in [0.717, 1.165) is 12.1 Å². The first-order valence-electron chi connectivity index (χ1n) is 9.17. The molecule has 2 aromatic carbocycles. The van der Waals surface area contributed by atoms with E-state index in [2.05, 4.69) is 15.0 Å². The fraction of sp³-hybridized carbons (Fsp3) is 0.200. The normalized spacial score (nSPS) is 13.4. The number of hydrogen-bond acceptors (Lipinski definition) is 7. The Hall–Kier alpha value is -3.11. The summed E-state index contributed by atoms with van der Waals surface area (Å²) in [5.41, 5.74) is 1.39. The number of rotatable bonds is 5. The predicted octanol–water partition coefficient (Wildman–Crippen LogP) is 3.67. The van der Waals surface area contributed by atoms with Crippen molar-refractivity contribution in [3.8, 4) is 11.5 Å². The average Bonchev–Trinajstić information content (AvgIpc) is 2.98. The molecule has 0 atom stereocenters. The van der Waals surface area contributed by atoms with Crippen LogP contribution in [0.5, 0.6) is 11.5 Å². The van der Waals surface area contributed by atoms with E-state index in [-0.39, 0.29) is 16.5 Å². The summed E-state index contributed by atoms with van der Waals surface area (Å²) in [4.78, 5) is 16.7. The molecule has 2 N–H and O–H groups in total. The molecule has 0 aliphatic carbocycles. The van der Waals surface area contributed by atoms with Crippen LogP contribution in [-0.4, -0.2) is 32.5 Å². The standard InChI is InChI=1S/C20H19N3O5S2/c1-13-12-29-20(21-13)22-19(24)14-4-2-5-15(10-14)23-30(25,26)16-6-7-17-18(11-16)28-9-3-8-27-17/h2,4-7,10-12,23H,3,8-9H2,1H3,(H,21,22,24). The molecule has 0 saturated heterocycles. The molecule has 0 unspecified atom stereocenters. The maximum absolute atomic E-state index is 12.8. The molecule has 1 aromatic heterocycles. The summed E-state index contributed by atoms with van der Waals surface area (Å²) in [5.74, 6) is 0.533. The average molecular weight is 446 g/mol. The van der Waals surface area contributed by atoms with Gasteiger partial charge in [0.1, 0.15) is 0 Å². The lowest BCUT2D eigenvalue weighted by atomic mass is 10.2. The number of amides is 1. The SMILES string of the molecule is Cc1csc(NC(=O)c2cccc(NS(=O)(=O)c3ccc4c(c3)OCCCO4)c2)n1. The molecule has 1 aliphatic heterocycles. The third-order valence-corrected chi connectivity index (χ3v) is 6.50. The van der Waals surface area contributed by atoms with Gasteiger partial charge in [-0.2, -0.15) is 0 Å². The summed E-state index contributed by atoms with van der Waals surface area (Å²) >= 11 is 1.32. The second-order valence-corrected chi connectivity index (χ2v) is 9.13. The molecule has 2 heterocycles. The summed E-state index contributed by atoms with van der Waals surface area (Å²) < 4.78 is 39.3. The third kappa shape index (κ3) is 4.55. The van der Waals surface area contributed by atoms with Gasteiger partial charge in [-0.25, -0.2) is 13.4 Å². The van der Waals surface area contributed by atoms with E-state index in [9.17, 15) is 13.2 Å². The minimum atomic E-state index is -3.88. The molecule has 30 heavy (non-hydrogen) atoms. The zero-order valence-electron chi connectivity index (χ0n) is 16.0. The number of benzene rings is 2. The number of carbonyl (C=O) groups is 1. The molecule has 3 aromatic rings. The first-order valence-corrected chi connectivity index (χ1v) is 11.5. The van der Waals surface area contributed by atoms with Gasteiger partial charge in [0.25, 0.3) is 15.9 Å². The van der Waals surface area contributed by atoms with Crippen LogP contribution in [0, 0.1) is 6.92 Å². The first-order chi connectivity index (χ1) is 14.4. The molecular formula is C20H19N3O5S2. The number of nitrogens with zero attached hydrogens (tertiary/aromatic N) is 1. The minimum Gasteiger partial charge on any atom is -0.490 e. The van der Waals surface area contributed by atoms with E-state index in [1.807, 2.05) is 12.3 Å². The van der Waals surface area contributed by atoms with Crippen molar-refractivity contribution in [3.63, 3.8) is 0 Å². The number of aryl methyl sites for hydroxylation is 1. The van der Waals surface area contributed by atoms with Gasteiger partial charge in [-0.1, -0.05) is 6.07 Å². The Bertz CT molecular complexity index is 1190. The van der Waals surface area contributed by atoms with E-state index < -0.39 is 10.0 Å². The number of sulfonamides is 1. The van der Waals surface area contributed by atoms with Gasteiger partial charge in [-0.15, -0.1) is 11.3 Å². The van der Waals surface area contributed by atoms with Crippen LogP contribution in [0.4, 0.5) is 10.8 Å². The van der Waals surface area contributed by atoms with Crippen LogP contribution in [0.15, 0.2) is 52.7 Å². The number of thiazole rings is 1. The van der Waals surface area contributed by atoms with Gasteiger partial charge in [-0.3, -0.25) is 14.8 Å². The Morgan fingerprint density at radius 2 is 1.90 bits per heavy atom. The van der Waals surface area contributed by atoms with Gasteiger partial charge in [0.15, 0.2) is 16.6 Å². The molecule has 0 fully saturated rings. The van der Waals surface area contributed by atoms with Crippen molar-refractivity contribution in [2.24, 2.45) is 0 Å². The van der Waals surface area contributed by atoms with Gasteiger partial charge in [-0.05, 0) is 37.3 Å². The molecule has 8 nitrogen and oxygen atoms in total. The number of aromatic nitrogens is 1. The molecule has 0 bridgehead atoms. The summed E-state index contributed by atoms with van der Waals surface area (Å²) in [7, 11) is -3.88. The lowest BCUT2D eigenvalue weighted by molar-refractivity contribution is 0.102. The predicted molar refractivity (Wildman–Crippen MR) is 114 cm³/mol. The Morgan fingerprint density at radius 3 is 2.67 bits per heavy atom. The number of hydrogen-bond donors (Lipinski definition) is 2. The van der Waals surface area contributed by atoms with Gasteiger partial charge in [0.05, 0.1) is 23.8 Å². The van der Waals surface area contributed by atoms with Crippen LogP contribution < -0.4 is 19.5 Å². The van der Waals surface area contributed by atoms with Crippen molar-refractivity contribution in [2.75, 3.05) is 23.3 Å². The molecule has 1 aliphatic rings. The highest BCUT2D eigenvalue weighted by Crippen LogP contribution is 2.32. The number of anilines is 2. The van der Waals surface area contributed by atoms with Crippen molar-refractivity contribution in [1.29, 1.82) is 0 Å². The van der Waals surface area contributed by atoms with Crippen molar-refractivity contribution in [2.45, 2.75) is 18.2 Å². The number of ether oxygens (including phenoxy) is 2. The van der Waals surface area contributed by atoms with Crippen LogP contribution in [0.1, 0.15) is 22.5 Å². The first kappa shape index (κ1) is 20.2. The lowest BCUT2D eigenvalue weighted by Crippen LogP contribution is -2.15. The summed E-state index contributed by atoms with van der Waals surface area (Å²) in [6.07, 6.45) is 0.727. The van der Waals surface area contributed by atoms with Gasteiger partial charge in [0.2, 0.25) is 0 Å². The van der Waals surface area contributed by atoms with Crippen LogP contribution in [0.3, 0.4) is 0 Å². The van der Waals surface area contributed by atoms with E-state index in [1.54, 1.807) is 24.3 Å². The van der Waals surface area contributed by atoms with Gasteiger partial charge >= 0.3 is 0 Å². The van der Waals surface area contributed by atoms with Crippen molar-refractivity contribution < 1.29 is 22.7 Å². The maximum Gasteiger partial charge on any atom is 0.262 e. The molecule has 0 spiro atoms. The van der Waals surface area contributed by atoms with Crippen LogP contribution in [0.25, 0.3) is 0 Å². The Kier molecular flexibility index (Phi) is 5.60. The van der Waals surface area contributed by atoms with Crippen molar-refractivity contribution in [1.82, 2.24) is 4.98 Å². The molecule has 4 rings (SSSR count). The van der Waals surface area contributed by atoms with Crippen LogP contribution in [-0.2, 0) is 10.0 Å². The highest BCUT2D eigenvalue weighted by atomic mass is 32.2. The van der Waals surface area contributed by atoms with E-state index in [0.29, 0.717) is 35.4 Å². The van der Waals surface area contributed by atoms with Gasteiger partial charge < -0.3 is 9.47 Å². The van der Waals surface area contributed by atoms with Crippen LogP contribution >= 0.6 is 11.3 Å². The van der Waals surface area contributed by atoms with Gasteiger partial charge in [0, 0.05) is 29.1 Å². The smallest absolute Gasteiger partial charge is 0.262 e. The second kappa shape index (κ2) is 8.33.